The number of carboxylic acid groups (broad SMARTS) is 1. The number of nitrogens with zero attached hydrogens (tertiary/aromatic N) is 1. The normalized spacial score (nSPS) is 25.6. The van der Waals surface area contributed by atoms with Crippen molar-refractivity contribution in [2.24, 2.45) is 10.7 Å². The molecule has 4 nitrogen and oxygen atoms in total. The van der Waals surface area contributed by atoms with Gasteiger partial charge in [-0.05, 0) is 12.8 Å². The maximum atomic E-state index is 10.3. The molecule has 0 amide bonds. The number of carbonyl (C=O) groups is 1. The molecule has 0 aromatic carbocycles. The molecule has 0 radical (unpaired) electrons. The Morgan fingerprint density at radius 1 is 1.80 bits per heavy atom. The molecule has 56 valence electrons. The zero-order valence-corrected chi connectivity index (χ0v) is 5.58. The van der Waals surface area contributed by atoms with Crippen LogP contribution >= 0.6 is 0 Å². The van der Waals surface area contributed by atoms with Gasteiger partial charge in [0.05, 0.1) is 5.84 Å². The van der Waals surface area contributed by atoms with Crippen molar-refractivity contribution >= 4 is 11.8 Å². The molecule has 0 saturated heterocycles. The summed E-state index contributed by atoms with van der Waals surface area (Å²) in [4.78, 5) is 14.1. The summed E-state index contributed by atoms with van der Waals surface area (Å²) >= 11 is 0. The van der Waals surface area contributed by atoms with Crippen molar-refractivity contribution in [3.05, 3.63) is 0 Å². The Morgan fingerprint density at radius 3 is 2.90 bits per heavy atom. The molecular weight excluding hydrogens is 132 g/mol. The standard InChI is InChI=1S/C6H10N2O2/c7-5-3-1-2-4(8-5)6(9)10/h4H,1-3H2,(H2,7,8)(H,9,10). The number of aliphatic imine (C=N–C) groups is 1. The fourth-order valence-electron chi connectivity index (χ4n) is 0.984. The number of hydrogen-bond donors (Lipinski definition) is 2. The summed E-state index contributed by atoms with van der Waals surface area (Å²) in [6, 6.07) is -0.589. The average molecular weight is 142 g/mol. The summed E-state index contributed by atoms with van der Waals surface area (Å²) in [6.45, 7) is 0. The second kappa shape index (κ2) is 2.68. The van der Waals surface area contributed by atoms with Crippen LogP contribution in [0, 0.1) is 0 Å². The highest BCUT2D eigenvalue weighted by molar-refractivity contribution is 5.85. The van der Waals surface area contributed by atoms with Gasteiger partial charge >= 0.3 is 5.97 Å². The third-order valence-corrected chi connectivity index (χ3v) is 1.52. The van der Waals surface area contributed by atoms with E-state index in [-0.39, 0.29) is 0 Å². The van der Waals surface area contributed by atoms with Crippen LogP contribution < -0.4 is 5.73 Å². The molecule has 1 aliphatic heterocycles. The van der Waals surface area contributed by atoms with Gasteiger partial charge in [-0.2, -0.15) is 0 Å². The molecule has 1 heterocycles. The van der Waals surface area contributed by atoms with Crippen LogP contribution in [0.3, 0.4) is 0 Å². The number of carboxylic acids is 1. The first-order chi connectivity index (χ1) is 4.70. The van der Waals surface area contributed by atoms with Crippen molar-refractivity contribution < 1.29 is 9.90 Å². The minimum Gasteiger partial charge on any atom is -0.480 e. The summed E-state index contributed by atoms with van der Waals surface area (Å²) in [5.41, 5.74) is 5.35. The summed E-state index contributed by atoms with van der Waals surface area (Å²) in [7, 11) is 0. The van der Waals surface area contributed by atoms with E-state index in [1.54, 1.807) is 0 Å². The Hall–Kier alpha value is -1.06. The highest BCUT2D eigenvalue weighted by Gasteiger charge is 2.19. The Morgan fingerprint density at radius 2 is 2.50 bits per heavy atom. The van der Waals surface area contributed by atoms with Gasteiger partial charge in [-0.25, -0.2) is 4.79 Å². The number of amidine groups is 1. The van der Waals surface area contributed by atoms with Crippen LogP contribution in [-0.4, -0.2) is 23.0 Å². The monoisotopic (exact) mass is 142 g/mol. The van der Waals surface area contributed by atoms with Crippen molar-refractivity contribution in [3.63, 3.8) is 0 Å². The zero-order chi connectivity index (χ0) is 7.56. The first-order valence-electron chi connectivity index (χ1n) is 3.25. The minimum absolute atomic E-state index is 0.471. The van der Waals surface area contributed by atoms with E-state index in [4.69, 9.17) is 10.8 Å². The summed E-state index contributed by atoms with van der Waals surface area (Å²) in [5.74, 6) is -0.402. The van der Waals surface area contributed by atoms with Crippen LogP contribution in [0.15, 0.2) is 4.99 Å². The number of hydrogen-bond acceptors (Lipinski definition) is 3. The molecule has 1 aliphatic rings. The van der Waals surface area contributed by atoms with Crippen molar-refractivity contribution in [2.75, 3.05) is 0 Å². The van der Waals surface area contributed by atoms with Gasteiger partial charge in [0.2, 0.25) is 0 Å². The zero-order valence-electron chi connectivity index (χ0n) is 5.58. The summed E-state index contributed by atoms with van der Waals surface area (Å²) in [5, 5.41) is 8.49. The predicted octanol–water partition coefficient (Wildman–Crippen LogP) is -0.0193. The molecule has 1 atom stereocenters. The Balaban J connectivity index is 2.62. The number of rotatable bonds is 1. The second-order valence-corrected chi connectivity index (χ2v) is 2.37. The lowest BCUT2D eigenvalue weighted by molar-refractivity contribution is -0.138. The molecule has 0 spiro atoms. The van der Waals surface area contributed by atoms with Crippen molar-refractivity contribution in [3.8, 4) is 0 Å². The molecule has 1 unspecified atom stereocenters. The quantitative estimate of drug-likeness (QED) is 0.540. The fourth-order valence-corrected chi connectivity index (χ4v) is 0.984. The molecule has 0 aromatic rings. The van der Waals surface area contributed by atoms with Gasteiger partial charge in [0.15, 0.2) is 0 Å². The highest BCUT2D eigenvalue weighted by Crippen LogP contribution is 2.11. The molecule has 0 aromatic heterocycles. The number of aliphatic carboxylic acids is 1. The van der Waals surface area contributed by atoms with Crippen molar-refractivity contribution in [2.45, 2.75) is 25.3 Å². The summed E-state index contributed by atoms with van der Waals surface area (Å²) in [6.07, 6.45) is 2.20. The maximum absolute atomic E-state index is 10.3. The molecule has 0 bridgehead atoms. The van der Waals surface area contributed by atoms with E-state index >= 15 is 0 Å². The van der Waals surface area contributed by atoms with Crippen LogP contribution in [0.25, 0.3) is 0 Å². The van der Waals surface area contributed by atoms with Gasteiger partial charge in [0.1, 0.15) is 6.04 Å². The lowest BCUT2D eigenvalue weighted by atomic mass is 10.1. The SMILES string of the molecule is NC1=NC(C(=O)O)CCC1. The molecule has 1 rings (SSSR count). The largest absolute Gasteiger partial charge is 0.480 e. The average Bonchev–Trinajstić information content (AvgIpc) is 1.88. The van der Waals surface area contributed by atoms with Crippen LogP contribution in [0.4, 0.5) is 0 Å². The smallest absolute Gasteiger partial charge is 0.328 e. The van der Waals surface area contributed by atoms with Crippen LogP contribution in [0.5, 0.6) is 0 Å². The molecule has 4 heteroatoms. The van der Waals surface area contributed by atoms with Gasteiger partial charge in [-0.1, -0.05) is 0 Å². The molecule has 0 aliphatic carbocycles. The second-order valence-electron chi connectivity index (χ2n) is 2.37. The van der Waals surface area contributed by atoms with Crippen molar-refractivity contribution in [1.82, 2.24) is 0 Å². The van der Waals surface area contributed by atoms with E-state index in [1.807, 2.05) is 0 Å². The summed E-state index contributed by atoms with van der Waals surface area (Å²) < 4.78 is 0. The van der Waals surface area contributed by atoms with Gasteiger partial charge in [-0.3, -0.25) is 4.99 Å². The van der Waals surface area contributed by atoms with Gasteiger partial charge in [0.25, 0.3) is 0 Å². The van der Waals surface area contributed by atoms with Crippen LogP contribution in [0.2, 0.25) is 0 Å². The maximum Gasteiger partial charge on any atom is 0.328 e. The first-order valence-corrected chi connectivity index (χ1v) is 3.25. The predicted molar refractivity (Wildman–Crippen MR) is 36.9 cm³/mol. The first kappa shape index (κ1) is 7.05. The lowest BCUT2D eigenvalue weighted by Crippen LogP contribution is -2.27. The van der Waals surface area contributed by atoms with Gasteiger partial charge in [-0.15, -0.1) is 0 Å². The van der Waals surface area contributed by atoms with Crippen LogP contribution in [-0.2, 0) is 4.79 Å². The van der Waals surface area contributed by atoms with E-state index < -0.39 is 12.0 Å². The van der Waals surface area contributed by atoms with Gasteiger partial charge in [0, 0.05) is 6.42 Å². The van der Waals surface area contributed by atoms with Gasteiger partial charge < -0.3 is 10.8 Å². The number of nitrogens with two attached hydrogens (primary N) is 1. The van der Waals surface area contributed by atoms with E-state index in [9.17, 15) is 4.79 Å². The third-order valence-electron chi connectivity index (χ3n) is 1.52. The molecule has 3 N–H and O–H groups in total. The van der Waals surface area contributed by atoms with E-state index in [1.165, 1.54) is 0 Å². The highest BCUT2D eigenvalue weighted by atomic mass is 16.4. The Kier molecular flexibility index (Phi) is 1.89. The van der Waals surface area contributed by atoms with E-state index in [0.29, 0.717) is 12.3 Å². The Bertz CT molecular complexity index is 177. The van der Waals surface area contributed by atoms with Crippen LogP contribution in [0.1, 0.15) is 19.3 Å². The molecule has 0 fully saturated rings. The molecular formula is C6H10N2O2. The molecule has 0 saturated carbocycles. The third kappa shape index (κ3) is 1.46. The Labute approximate surface area is 58.7 Å². The van der Waals surface area contributed by atoms with E-state index in [2.05, 4.69) is 4.99 Å². The molecule has 10 heavy (non-hydrogen) atoms. The van der Waals surface area contributed by atoms with E-state index in [0.717, 1.165) is 12.8 Å². The fraction of sp³-hybridized carbons (Fsp3) is 0.667. The topological polar surface area (TPSA) is 75.7 Å². The van der Waals surface area contributed by atoms with Crippen molar-refractivity contribution in [1.29, 1.82) is 0 Å². The minimum atomic E-state index is -0.873. The lowest BCUT2D eigenvalue weighted by Gasteiger charge is -2.13.